The molecule has 0 aliphatic carbocycles. The SMILES string of the molecule is CN(CCS(C)(=O)=O)C(=O)N1CCCCC1CCC(=O)O. The fourth-order valence-corrected chi connectivity index (χ4v) is 3.07. The highest BCUT2D eigenvalue weighted by molar-refractivity contribution is 7.90. The molecule has 1 atom stereocenters. The Kier molecular flexibility index (Phi) is 6.44. The van der Waals surface area contributed by atoms with Gasteiger partial charge in [-0.1, -0.05) is 0 Å². The van der Waals surface area contributed by atoms with Gasteiger partial charge >= 0.3 is 12.0 Å². The Morgan fingerprint density at radius 3 is 2.57 bits per heavy atom. The number of rotatable bonds is 6. The number of urea groups is 1. The predicted octanol–water partition coefficient (Wildman–Crippen LogP) is 0.802. The number of carboxylic acids is 1. The molecule has 2 amide bonds. The molecule has 0 aromatic carbocycles. The van der Waals surface area contributed by atoms with Gasteiger partial charge < -0.3 is 14.9 Å². The molecule has 0 bridgehead atoms. The quantitative estimate of drug-likeness (QED) is 0.781. The number of sulfone groups is 1. The Morgan fingerprint density at radius 2 is 2.00 bits per heavy atom. The van der Waals surface area contributed by atoms with Gasteiger partial charge in [0.25, 0.3) is 0 Å². The molecule has 0 aromatic rings. The number of aliphatic carboxylic acids is 1. The van der Waals surface area contributed by atoms with Crippen molar-refractivity contribution in [3.05, 3.63) is 0 Å². The molecule has 1 aliphatic rings. The minimum absolute atomic E-state index is 0.0432. The smallest absolute Gasteiger partial charge is 0.320 e. The molecule has 8 heteroatoms. The fraction of sp³-hybridized carbons (Fsp3) is 0.846. The third-order valence-electron chi connectivity index (χ3n) is 3.69. The van der Waals surface area contributed by atoms with Crippen molar-refractivity contribution in [3.63, 3.8) is 0 Å². The number of hydrogen-bond acceptors (Lipinski definition) is 4. The average Bonchev–Trinajstić information content (AvgIpc) is 2.41. The second kappa shape index (κ2) is 7.63. The Balaban J connectivity index is 2.61. The lowest BCUT2D eigenvalue weighted by Crippen LogP contribution is -2.50. The summed E-state index contributed by atoms with van der Waals surface area (Å²) in [5.41, 5.74) is 0. The van der Waals surface area contributed by atoms with Crippen LogP contribution in [-0.4, -0.2) is 73.5 Å². The van der Waals surface area contributed by atoms with Gasteiger partial charge in [-0.15, -0.1) is 0 Å². The summed E-state index contributed by atoms with van der Waals surface area (Å²) in [5, 5.41) is 8.77. The lowest BCUT2D eigenvalue weighted by atomic mass is 9.98. The van der Waals surface area contributed by atoms with E-state index in [-0.39, 0.29) is 30.8 Å². The highest BCUT2D eigenvalue weighted by Crippen LogP contribution is 2.22. The van der Waals surface area contributed by atoms with Crippen LogP contribution in [0, 0.1) is 0 Å². The predicted molar refractivity (Wildman–Crippen MR) is 79.0 cm³/mol. The van der Waals surface area contributed by atoms with Crippen LogP contribution >= 0.6 is 0 Å². The summed E-state index contributed by atoms with van der Waals surface area (Å²) < 4.78 is 22.3. The van der Waals surface area contributed by atoms with Gasteiger partial charge in [0.1, 0.15) is 9.84 Å². The molecule has 0 radical (unpaired) electrons. The maximum Gasteiger partial charge on any atom is 0.320 e. The fourth-order valence-electron chi connectivity index (χ4n) is 2.46. The van der Waals surface area contributed by atoms with Gasteiger partial charge in [0.15, 0.2) is 0 Å². The summed E-state index contributed by atoms with van der Waals surface area (Å²) >= 11 is 0. The summed E-state index contributed by atoms with van der Waals surface area (Å²) in [4.78, 5) is 26.2. The van der Waals surface area contributed by atoms with Crippen LogP contribution in [0.15, 0.2) is 0 Å². The number of carboxylic acid groups (broad SMARTS) is 1. The first-order valence-electron chi connectivity index (χ1n) is 7.12. The van der Waals surface area contributed by atoms with Crippen molar-refractivity contribution in [2.24, 2.45) is 0 Å². The van der Waals surface area contributed by atoms with Crippen LogP contribution in [0.4, 0.5) is 4.79 Å². The minimum Gasteiger partial charge on any atom is -0.481 e. The molecule has 1 fully saturated rings. The molecule has 1 N–H and O–H groups in total. The van der Waals surface area contributed by atoms with Crippen molar-refractivity contribution in [1.82, 2.24) is 9.80 Å². The van der Waals surface area contributed by atoms with E-state index in [4.69, 9.17) is 5.11 Å². The number of piperidine rings is 1. The first kappa shape index (κ1) is 17.7. The van der Waals surface area contributed by atoms with E-state index in [1.165, 1.54) is 4.90 Å². The molecule has 122 valence electrons. The molecule has 1 rings (SSSR count). The molecule has 0 aromatic heterocycles. The van der Waals surface area contributed by atoms with Gasteiger partial charge in [0.05, 0.1) is 5.75 Å². The van der Waals surface area contributed by atoms with E-state index in [9.17, 15) is 18.0 Å². The summed E-state index contributed by atoms with van der Waals surface area (Å²) in [7, 11) is -1.53. The van der Waals surface area contributed by atoms with Crippen LogP contribution in [0.25, 0.3) is 0 Å². The molecule has 1 aliphatic heterocycles. The van der Waals surface area contributed by atoms with E-state index in [1.54, 1.807) is 11.9 Å². The molecule has 1 heterocycles. The summed E-state index contributed by atoms with van der Waals surface area (Å²) in [6.07, 6.45) is 4.32. The lowest BCUT2D eigenvalue weighted by molar-refractivity contribution is -0.137. The highest BCUT2D eigenvalue weighted by Gasteiger charge is 2.29. The van der Waals surface area contributed by atoms with E-state index in [1.807, 2.05) is 0 Å². The number of amides is 2. The number of nitrogens with zero attached hydrogens (tertiary/aromatic N) is 2. The van der Waals surface area contributed by atoms with Gasteiger partial charge in [-0.25, -0.2) is 13.2 Å². The first-order valence-corrected chi connectivity index (χ1v) is 9.18. The maximum absolute atomic E-state index is 12.4. The van der Waals surface area contributed by atoms with Crippen LogP contribution in [0.1, 0.15) is 32.1 Å². The molecule has 7 nitrogen and oxygen atoms in total. The normalized spacial score (nSPS) is 19.3. The molecule has 1 saturated heterocycles. The average molecular weight is 320 g/mol. The van der Waals surface area contributed by atoms with E-state index >= 15 is 0 Å². The van der Waals surface area contributed by atoms with E-state index in [0.717, 1.165) is 25.5 Å². The van der Waals surface area contributed by atoms with Crippen molar-refractivity contribution < 1.29 is 23.1 Å². The van der Waals surface area contributed by atoms with E-state index in [2.05, 4.69) is 0 Å². The Bertz CT molecular complexity index is 477. The largest absolute Gasteiger partial charge is 0.481 e. The van der Waals surface area contributed by atoms with Crippen LogP contribution in [0.2, 0.25) is 0 Å². The van der Waals surface area contributed by atoms with Crippen molar-refractivity contribution in [2.75, 3.05) is 32.1 Å². The number of carbonyl (C=O) groups is 2. The third kappa shape index (κ3) is 6.33. The zero-order valence-electron chi connectivity index (χ0n) is 12.6. The van der Waals surface area contributed by atoms with Gasteiger partial charge in [0, 0.05) is 38.9 Å². The molecule has 1 unspecified atom stereocenters. The topological polar surface area (TPSA) is 95.0 Å². The van der Waals surface area contributed by atoms with Crippen molar-refractivity contribution in [1.29, 1.82) is 0 Å². The molecule has 0 spiro atoms. The van der Waals surface area contributed by atoms with Crippen LogP contribution < -0.4 is 0 Å². The first-order chi connectivity index (χ1) is 9.70. The van der Waals surface area contributed by atoms with E-state index in [0.29, 0.717) is 13.0 Å². The highest BCUT2D eigenvalue weighted by atomic mass is 32.2. The molecular formula is C13H24N2O5S. The molecular weight excluding hydrogens is 296 g/mol. The Morgan fingerprint density at radius 1 is 1.33 bits per heavy atom. The van der Waals surface area contributed by atoms with Crippen molar-refractivity contribution in [2.45, 2.75) is 38.1 Å². The van der Waals surface area contributed by atoms with Crippen molar-refractivity contribution in [3.8, 4) is 0 Å². The van der Waals surface area contributed by atoms with Crippen LogP contribution in [0.5, 0.6) is 0 Å². The van der Waals surface area contributed by atoms with Gasteiger partial charge in [-0.2, -0.15) is 0 Å². The summed E-state index contributed by atoms with van der Waals surface area (Å²) in [5.74, 6) is -0.929. The maximum atomic E-state index is 12.4. The number of carbonyl (C=O) groups excluding carboxylic acids is 1. The Hall–Kier alpha value is -1.31. The monoisotopic (exact) mass is 320 g/mol. The summed E-state index contributed by atoms with van der Waals surface area (Å²) in [6.45, 7) is 0.756. The summed E-state index contributed by atoms with van der Waals surface area (Å²) in [6, 6.07) is -0.281. The number of likely N-dealkylation sites (tertiary alicyclic amines) is 1. The van der Waals surface area contributed by atoms with Gasteiger partial charge in [0.2, 0.25) is 0 Å². The second-order valence-corrected chi connectivity index (χ2v) is 7.87. The van der Waals surface area contributed by atoms with Crippen molar-refractivity contribution >= 4 is 21.8 Å². The second-order valence-electron chi connectivity index (χ2n) is 5.61. The van der Waals surface area contributed by atoms with Crippen LogP contribution in [0.3, 0.4) is 0 Å². The van der Waals surface area contributed by atoms with Gasteiger partial charge in [-0.05, 0) is 25.7 Å². The standard InChI is InChI=1S/C13H24N2O5S/c1-14(9-10-21(2,19)20)13(18)15-8-4-3-5-11(15)6-7-12(16)17/h11H,3-10H2,1-2H3,(H,16,17). The lowest BCUT2D eigenvalue weighted by Gasteiger charge is -2.38. The zero-order chi connectivity index (χ0) is 16.0. The van der Waals surface area contributed by atoms with Crippen LogP contribution in [-0.2, 0) is 14.6 Å². The Labute approximate surface area is 125 Å². The number of hydrogen-bond donors (Lipinski definition) is 1. The van der Waals surface area contributed by atoms with Gasteiger partial charge in [-0.3, -0.25) is 4.79 Å². The molecule has 0 saturated carbocycles. The van der Waals surface area contributed by atoms with E-state index < -0.39 is 15.8 Å². The zero-order valence-corrected chi connectivity index (χ0v) is 13.4. The minimum atomic E-state index is -3.11. The third-order valence-corrected chi connectivity index (χ3v) is 4.61. The molecule has 21 heavy (non-hydrogen) atoms.